The highest BCUT2D eigenvalue weighted by molar-refractivity contribution is 4.76. The minimum absolute atomic E-state index is 0.532. The molecule has 0 bridgehead atoms. The van der Waals surface area contributed by atoms with Crippen LogP contribution in [0.25, 0.3) is 0 Å². The van der Waals surface area contributed by atoms with E-state index in [0.717, 1.165) is 6.20 Å². The van der Waals surface area contributed by atoms with Gasteiger partial charge in [0.2, 0.25) is 6.20 Å². The summed E-state index contributed by atoms with van der Waals surface area (Å²) in [6.07, 6.45) is 3.72. The molecule has 50 valence electrons. The fraction of sp³-hybridized carbons (Fsp3) is 0.200. The summed E-state index contributed by atoms with van der Waals surface area (Å²) >= 11 is 0. The van der Waals surface area contributed by atoms with Crippen LogP contribution in [0.1, 0.15) is 0 Å². The van der Waals surface area contributed by atoms with Crippen molar-refractivity contribution in [3.63, 3.8) is 0 Å². The molecule has 4 nitrogen and oxygen atoms in total. The molecule has 0 heterocycles. The van der Waals surface area contributed by atoms with Gasteiger partial charge in [0, 0.05) is 6.54 Å². The van der Waals surface area contributed by atoms with E-state index in [4.69, 9.17) is 0 Å². The zero-order chi connectivity index (χ0) is 7.11. The molecule has 0 rings (SSSR count). The molecule has 0 aromatic heterocycles. The molecule has 0 unspecified atom stereocenters. The lowest BCUT2D eigenvalue weighted by Gasteiger charge is -1.87. The molecular weight excluding hydrogens is 120 g/mol. The van der Waals surface area contributed by atoms with Crippen LogP contribution in [-0.2, 0) is 0 Å². The van der Waals surface area contributed by atoms with E-state index in [9.17, 15) is 10.1 Å². The fourth-order valence-corrected chi connectivity index (χ4v) is 0.265. The van der Waals surface area contributed by atoms with Crippen LogP contribution in [0.2, 0.25) is 0 Å². The fourth-order valence-electron chi connectivity index (χ4n) is 0.265. The first-order valence-corrected chi connectivity index (χ1v) is 2.42. The lowest BCUT2D eigenvalue weighted by Crippen LogP contribution is -2.03. The van der Waals surface area contributed by atoms with E-state index in [-0.39, 0.29) is 0 Å². The van der Waals surface area contributed by atoms with Crippen LogP contribution in [0.15, 0.2) is 25.1 Å². The molecule has 0 aliphatic heterocycles. The van der Waals surface area contributed by atoms with Gasteiger partial charge in [-0.05, 0) is 0 Å². The Bertz CT molecular complexity index is 131. The minimum Gasteiger partial charge on any atom is -0.382 e. The van der Waals surface area contributed by atoms with Gasteiger partial charge in [-0.15, -0.1) is 6.58 Å². The first-order chi connectivity index (χ1) is 4.27. The van der Waals surface area contributed by atoms with Gasteiger partial charge in [0.15, 0.2) is 0 Å². The van der Waals surface area contributed by atoms with Crippen LogP contribution < -0.4 is 5.32 Å². The lowest BCUT2D eigenvalue weighted by atomic mass is 10.6. The van der Waals surface area contributed by atoms with Crippen molar-refractivity contribution in [2.45, 2.75) is 0 Å². The Morgan fingerprint density at radius 1 is 1.78 bits per heavy atom. The van der Waals surface area contributed by atoms with E-state index in [0.29, 0.717) is 6.54 Å². The van der Waals surface area contributed by atoms with Crippen LogP contribution >= 0.6 is 0 Å². The third-order valence-electron chi connectivity index (χ3n) is 0.576. The van der Waals surface area contributed by atoms with Gasteiger partial charge in [0.05, 0.1) is 11.1 Å². The molecule has 9 heavy (non-hydrogen) atoms. The van der Waals surface area contributed by atoms with Gasteiger partial charge in [0.25, 0.3) is 0 Å². The summed E-state index contributed by atoms with van der Waals surface area (Å²) in [5.41, 5.74) is 0. The summed E-state index contributed by atoms with van der Waals surface area (Å²) < 4.78 is 0. The molecule has 0 aliphatic carbocycles. The van der Waals surface area contributed by atoms with Crippen LogP contribution in [0.4, 0.5) is 0 Å². The Balaban J connectivity index is 3.24. The van der Waals surface area contributed by atoms with Gasteiger partial charge in [-0.2, -0.15) is 0 Å². The zero-order valence-electron chi connectivity index (χ0n) is 4.91. The molecule has 0 atom stereocenters. The van der Waals surface area contributed by atoms with Crippen molar-refractivity contribution in [3.05, 3.63) is 35.2 Å². The molecular formula is C5H8N2O2. The van der Waals surface area contributed by atoms with E-state index in [1.54, 1.807) is 6.08 Å². The van der Waals surface area contributed by atoms with Crippen LogP contribution in [0.3, 0.4) is 0 Å². The Hall–Kier alpha value is -1.32. The van der Waals surface area contributed by atoms with Crippen LogP contribution in [-0.4, -0.2) is 11.5 Å². The van der Waals surface area contributed by atoms with E-state index < -0.39 is 4.92 Å². The Morgan fingerprint density at radius 3 is 2.89 bits per heavy atom. The maximum atomic E-state index is 9.62. The summed E-state index contributed by atoms with van der Waals surface area (Å²) in [5, 5.41) is 12.2. The Labute approximate surface area is 53.0 Å². The molecule has 0 spiro atoms. The lowest BCUT2D eigenvalue weighted by molar-refractivity contribution is -0.402. The molecule has 0 fully saturated rings. The van der Waals surface area contributed by atoms with E-state index >= 15 is 0 Å². The highest BCUT2D eigenvalue weighted by Crippen LogP contribution is 1.68. The quantitative estimate of drug-likeness (QED) is 0.260. The van der Waals surface area contributed by atoms with Gasteiger partial charge < -0.3 is 5.32 Å². The number of nitrogens with one attached hydrogen (secondary N) is 1. The van der Waals surface area contributed by atoms with Crippen molar-refractivity contribution >= 4 is 0 Å². The first kappa shape index (κ1) is 7.68. The number of nitrogens with zero attached hydrogens (tertiary/aromatic N) is 1. The second kappa shape index (κ2) is 4.83. The van der Waals surface area contributed by atoms with E-state index in [1.807, 2.05) is 0 Å². The predicted molar refractivity (Wildman–Crippen MR) is 34.3 cm³/mol. The van der Waals surface area contributed by atoms with Crippen molar-refractivity contribution < 1.29 is 4.92 Å². The van der Waals surface area contributed by atoms with Crippen molar-refractivity contribution in [2.24, 2.45) is 0 Å². The molecule has 4 heteroatoms. The Kier molecular flexibility index (Phi) is 4.12. The topological polar surface area (TPSA) is 55.2 Å². The maximum absolute atomic E-state index is 9.62. The highest BCUT2D eigenvalue weighted by atomic mass is 16.6. The zero-order valence-corrected chi connectivity index (χ0v) is 4.91. The third kappa shape index (κ3) is 6.68. The number of hydrogen-bond donors (Lipinski definition) is 1. The van der Waals surface area contributed by atoms with E-state index in [2.05, 4.69) is 11.9 Å². The van der Waals surface area contributed by atoms with Gasteiger partial charge in [-0.3, -0.25) is 10.1 Å². The molecule has 0 aliphatic rings. The molecule has 0 amide bonds. The summed E-state index contributed by atoms with van der Waals surface area (Å²) in [7, 11) is 0. The predicted octanol–water partition coefficient (Wildman–Crippen LogP) is 0.510. The molecule has 0 radical (unpaired) electrons. The Morgan fingerprint density at radius 2 is 2.44 bits per heavy atom. The van der Waals surface area contributed by atoms with Gasteiger partial charge in [-0.1, -0.05) is 6.08 Å². The SMILES string of the molecule is C=CCN/C=C\[N+](=O)[O-]. The van der Waals surface area contributed by atoms with Gasteiger partial charge >= 0.3 is 0 Å². The monoisotopic (exact) mass is 128 g/mol. The summed E-state index contributed by atoms with van der Waals surface area (Å²) in [4.78, 5) is 9.08. The van der Waals surface area contributed by atoms with Gasteiger partial charge in [-0.25, -0.2) is 0 Å². The average molecular weight is 128 g/mol. The van der Waals surface area contributed by atoms with Crippen molar-refractivity contribution in [2.75, 3.05) is 6.54 Å². The number of nitro groups is 1. The summed E-state index contributed by atoms with van der Waals surface area (Å²) in [6.45, 7) is 3.96. The minimum atomic E-state index is -0.532. The largest absolute Gasteiger partial charge is 0.382 e. The summed E-state index contributed by atoms with van der Waals surface area (Å²) in [6, 6.07) is 0. The van der Waals surface area contributed by atoms with Crippen molar-refractivity contribution in [3.8, 4) is 0 Å². The number of hydrogen-bond acceptors (Lipinski definition) is 3. The maximum Gasteiger partial charge on any atom is 0.249 e. The average Bonchev–Trinajstić information content (AvgIpc) is 1.80. The molecule has 1 N–H and O–H groups in total. The van der Waals surface area contributed by atoms with Crippen LogP contribution in [0, 0.1) is 10.1 Å². The van der Waals surface area contributed by atoms with Crippen LogP contribution in [0.5, 0.6) is 0 Å². The normalized spacial score (nSPS) is 9.33. The second-order valence-electron chi connectivity index (χ2n) is 1.30. The molecule has 0 aromatic carbocycles. The highest BCUT2D eigenvalue weighted by Gasteiger charge is 1.79. The smallest absolute Gasteiger partial charge is 0.249 e. The second-order valence-corrected chi connectivity index (χ2v) is 1.30. The standard InChI is InChI=1S/C5H8N2O2/c1-2-3-6-4-5-7(8)9/h2,4-6H,1,3H2/b5-4-. The third-order valence-corrected chi connectivity index (χ3v) is 0.576. The number of rotatable bonds is 4. The molecule has 0 saturated carbocycles. The first-order valence-electron chi connectivity index (χ1n) is 2.42. The van der Waals surface area contributed by atoms with Crippen molar-refractivity contribution in [1.82, 2.24) is 5.32 Å². The summed E-state index contributed by atoms with van der Waals surface area (Å²) in [5.74, 6) is 0. The molecule has 0 aromatic rings. The van der Waals surface area contributed by atoms with E-state index in [1.165, 1.54) is 6.20 Å². The van der Waals surface area contributed by atoms with Crippen molar-refractivity contribution in [1.29, 1.82) is 0 Å². The molecule has 0 saturated heterocycles. The van der Waals surface area contributed by atoms with Gasteiger partial charge in [0.1, 0.15) is 0 Å².